The molecule has 2 heterocycles. The highest BCUT2D eigenvalue weighted by Crippen LogP contribution is 2.32. The van der Waals surface area contributed by atoms with Gasteiger partial charge in [0.15, 0.2) is 0 Å². The minimum Gasteiger partial charge on any atom is -0.366 e. The first-order chi connectivity index (χ1) is 11.2. The van der Waals surface area contributed by atoms with Crippen molar-refractivity contribution in [2.45, 2.75) is 6.04 Å². The standard InChI is InChI=1S/C17H14FN5/c18-13-8-6-12(7-9-13)15-10-14(11-4-2-1-3-5-11)20-17-21-16(19)22-23(15)17/h1-10,15H,(H3,19,20,21,22)/t15-/m1/s1. The summed E-state index contributed by atoms with van der Waals surface area (Å²) in [6.45, 7) is 0. The van der Waals surface area contributed by atoms with Crippen molar-refractivity contribution in [3.63, 3.8) is 0 Å². The molecule has 1 aliphatic rings. The average molecular weight is 307 g/mol. The molecule has 0 saturated heterocycles. The van der Waals surface area contributed by atoms with Gasteiger partial charge in [-0.15, -0.1) is 5.10 Å². The molecule has 23 heavy (non-hydrogen) atoms. The lowest BCUT2D eigenvalue weighted by Gasteiger charge is -2.24. The second-order valence-corrected chi connectivity index (χ2v) is 5.31. The predicted octanol–water partition coefficient (Wildman–Crippen LogP) is 3.06. The third kappa shape index (κ3) is 2.44. The second kappa shape index (κ2) is 5.24. The molecule has 5 nitrogen and oxygen atoms in total. The first-order valence-corrected chi connectivity index (χ1v) is 7.22. The van der Waals surface area contributed by atoms with Gasteiger partial charge >= 0.3 is 0 Å². The van der Waals surface area contributed by atoms with Crippen LogP contribution in [0, 0.1) is 5.82 Å². The summed E-state index contributed by atoms with van der Waals surface area (Å²) in [6, 6.07) is 16.1. The highest BCUT2D eigenvalue weighted by molar-refractivity contribution is 5.77. The van der Waals surface area contributed by atoms with Crippen LogP contribution in [-0.2, 0) is 0 Å². The van der Waals surface area contributed by atoms with Gasteiger partial charge in [0.1, 0.15) is 11.9 Å². The molecule has 0 aliphatic carbocycles. The van der Waals surface area contributed by atoms with E-state index in [1.165, 1.54) is 12.1 Å². The molecule has 0 unspecified atom stereocenters. The van der Waals surface area contributed by atoms with Crippen molar-refractivity contribution < 1.29 is 4.39 Å². The number of rotatable bonds is 2. The summed E-state index contributed by atoms with van der Waals surface area (Å²) < 4.78 is 14.9. The summed E-state index contributed by atoms with van der Waals surface area (Å²) in [5.41, 5.74) is 8.60. The summed E-state index contributed by atoms with van der Waals surface area (Å²) >= 11 is 0. The largest absolute Gasteiger partial charge is 0.366 e. The highest BCUT2D eigenvalue weighted by atomic mass is 19.1. The molecule has 0 bridgehead atoms. The number of nitrogens with one attached hydrogen (secondary N) is 1. The van der Waals surface area contributed by atoms with Crippen molar-refractivity contribution in [3.8, 4) is 0 Å². The minimum atomic E-state index is -0.270. The number of anilines is 2. The van der Waals surface area contributed by atoms with Crippen LogP contribution in [0.1, 0.15) is 17.2 Å². The lowest BCUT2D eigenvalue weighted by molar-refractivity contribution is 0.604. The molecular weight excluding hydrogens is 293 g/mol. The van der Waals surface area contributed by atoms with Crippen LogP contribution in [0.5, 0.6) is 0 Å². The second-order valence-electron chi connectivity index (χ2n) is 5.31. The van der Waals surface area contributed by atoms with E-state index in [0.29, 0.717) is 5.95 Å². The van der Waals surface area contributed by atoms with E-state index in [9.17, 15) is 4.39 Å². The monoisotopic (exact) mass is 307 g/mol. The topological polar surface area (TPSA) is 68.8 Å². The van der Waals surface area contributed by atoms with Crippen molar-refractivity contribution >= 4 is 17.6 Å². The van der Waals surface area contributed by atoms with Crippen LogP contribution in [0.4, 0.5) is 16.3 Å². The van der Waals surface area contributed by atoms with Gasteiger partial charge in [-0.1, -0.05) is 42.5 Å². The normalized spacial score (nSPS) is 16.4. The number of fused-ring (bicyclic) bond motifs is 1. The Morgan fingerprint density at radius 3 is 2.52 bits per heavy atom. The molecule has 0 saturated carbocycles. The molecule has 0 amide bonds. The van der Waals surface area contributed by atoms with Gasteiger partial charge in [0, 0.05) is 5.70 Å². The number of hydrogen-bond acceptors (Lipinski definition) is 4. The van der Waals surface area contributed by atoms with E-state index in [2.05, 4.69) is 15.4 Å². The van der Waals surface area contributed by atoms with E-state index in [1.807, 2.05) is 36.4 Å². The fourth-order valence-electron chi connectivity index (χ4n) is 2.69. The summed E-state index contributed by atoms with van der Waals surface area (Å²) in [6.07, 6.45) is 2.03. The van der Waals surface area contributed by atoms with Gasteiger partial charge in [-0.2, -0.15) is 4.98 Å². The molecule has 0 spiro atoms. The fraction of sp³-hybridized carbons (Fsp3) is 0.0588. The minimum absolute atomic E-state index is 0.197. The Labute approximate surface area is 132 Å². The molecule has 4 rings (SSSR count). The summed E-state index contributed by atoms with van der Waals surface area (Å²) in [5, 5.41) is 7.48. The van der Waals surface area contributed by atoms with Crippen LogP contribution >= 0.6 is 0 Å². The van der Waals surface area contributed by atoms with Gasteiger partial charge in [0.2, 0.25) is 11.9 Å². The van der Waals surface area contributed by atoms with Crippen molar-refractivity contribution in [2.24, 2.45) is 0 Å². The summed E-state index contributed by atoms with van der Waals surface area (Å²) in [7, 11) is 0. The van der Waals surface area contributed by atoms with Crippen LogP contribution in [-0.4, -0.2) is 14.8 Å². The van der Waals surface area contributed by atoms with E-state index >= 15 is 0 Å². The van der Waals surface area contributed by atoms with Crippen LogP contribution in [0.25, 0.3) is 5.70 Å². The van der Waals surface area contributed by atoms with Crippen molar-refractivity contribution in [1.29, 1.82) is 0 Å². The molecule has 3 N–H and O–H groups in total. The van der Waals surface area contributed by atoms with Crippen molar-refractivity contribution in [3.05, 3.63) is 77.6 Å². The number of halogens is 1. The summed E-state index contributed by atoms with van der Waals surface area (Å²) in [5.74, 6) is 0.494. The molecule has 0 fully saturated rings. The van der Waals surface area contributed by atoms with E-state index < -0.39 is 0 Å². The first-order valence-electron chi connectivity index (χ1n) is 7.22. The Bertz CT molecular complexity index is 868. The Morgan fingerprint density at radius 1 is 1.04 bits per heavy atom. The Morgan fingerprint density at radius 2 is 1.78 bits per heavy atom. The van der Waals surface area contributed by atoms with Crippen LogP contribution < -0.4 is 11.1 Å². The van der Waals surface area contributed by atoms with Crippen molar-refractivity contribution in [2.75, 3.05) is 11.1 Å². The molecule has 2 aromatic carbocycles. The molecule has 0 radical (unpaired) electrons. The van der Waals surface area contributed by atoms with Gasteiger partial charge in [0.05, 0.1) is 0 Å². The number of nitrogen functional groups attached to an aromatic ring is 1. The number of nitrogens with two attached hydrogens (primary N) is 1. The van der Waals surface area contributed by atoms with E-state index in [0.717, 1.165) is 16.8 Å². The molecule has 1 aliphatic heterocycles. The number of benzene rings is 2. The maximum absolute atomic E-state index is 13.2. The van der Waals surface area contributed by atoms with Crippen LogP contribution in [0.3, 0.4) is 0 Å². The van der Waals surface area contributed by atoms with Crippen molar-refractivity contribution in [1.82, 2.24) is 14.8 Å². The third-order valence-corrected chi connectivity index (χ3v) is 3.78. The first kappa shape index (κ1) is 13.5. The molecular formula is C17H14FN5. The number of hydrogen-bond donors (Lipinski definition) is 2. The lowest BCUT2D eigenvalue weighted by atomic mass is 10.0. The van der Waals surface area contributed by atoms with E-state index in [-0.39, 0.29) is 17.8 Å². The van der Waals surface area contributed by atoms with E-state index in [1.54, 1.807) is 16.8 Å². The quantitative estimate of drug-likeness (QED) is 0.763. The fourth-order valence-corrected chi connectivity index (χ4v) is 2.69. The van der Waals surface area contributed by atoms with Crippen LogP contribution in [0.15, 0.2) is 60.7 Å². The Kier molecular flexibility index (Phi) is 3.08. The van der Waals surface area contributed by atoms with Gasteiger partial charge in [-0.25, -0.2) is 9.07 Å². The zero-order valence-electron chi connectivity index (χ0n) is 12.1. The average Bonchev–Trinajstić information content (AvgIpc) is 2.96. The molecule has 114 valence electrons. The molecule has 1 aromatic heterocycles. The highest BCUT2D eigenvalue weighted by Gasteiger charge is 2.24. The number of aromatic nitrogens is 3. The Hall–Kier alpha value is -3.15. The van der Waals surface area contributed by atoms with Gasteiger partial charge in [-0.05, 0) is 29.3 Å². The molecule has 6 heteroatoms. The predicted molar refractivity (Wildman–Crippen MR) is 87.0 cm³/mol. The number of nitrogens with zero attached hydrogens (tertiary/aromatic N) is 3. The maximum atomic E-state index is 13.2. The molecule has 3 aromatic rings. The lowest BCUT2D eigenvalue weighted by Crippen LogP contribution is -2.20. The SMILES string of the molecule is Nc1nc2n(n1)[C@@H](c1ccc(F)cc1)C=C(c1ccccc1)N2. The van der Waals surface area contributed by atoms with Gasteiger partial charge in [-0.3, -0.25) is 0 Å². The maximum Gasteiger partial charge on any atom is 0.241 e. The van der Waals surface area contributed by atoms with Crippen LogP contribution in [0.2, 0.25) is 0 Å². The number of allylic oxidation sites excluding steroid dienone is 1. The zero-order chi connectivity index (χ0) is 15.8. The smallest absolute Gasteiger partial charge is 0.241 e. The third-order valence-electron chi connectivity index (χ3n) is 3.78. The Balaban J connectivity index is 1.83. The van der Waals surface area contributed by atoms with Gasteiger partial charge in [0.25, 0.3) is 0 Å². The summed E-state index contributed by atoms with van der Waals surface area (Å²) in [4.78, 5) is 4.22. The zero-order valence-corrected chi connectivity index (χ0v) is 12.1. The van der Waals surface area contributed by atoms with E-state index in [4.69, 9.17) is 5.73 Å². The van der Waals surface area contributed by atoms with Gasteiger partial charge < -0.3 is 11.1 Å². The molecule has 1 atom stereocenters.